The minimum Gasteiger partial charge on any atom is -0.444 e. The first-order valence-electron chi connectivity index (χ1n) is 16.0. The molecule has 2 N–H and O–H groups in total. The second-order valence-electron chi connectivity index (χ2n) is 12.8. The Morgan fingerprint density at radius 3 is 2.57 bits per heavy atom. The summed E-state index contributed by atoms with van der Waals surface area (Å²) in [7, 11) is 0. The van der Waals surface area contributed by atoms with Gasteiger partial charge in [-0.3, -0.25) is 14.4 Å². The number of ether oxygens (including phenoxy) is 3. The fourth-order valence-corrected chi connectivity index (χ4v) is 5.35. The van der Waals surface area contributed by atoms with Crippen LogP contribution in [0.1, 0.15) is 43.0 Å². The Labute approximate surface area is 297 Å². The number of aromatic nitrogens is 9. The summed E-state index contributed by atoms with van der Waals surface area (Å²) in [4.78, 5) is 32.6. The summed E-state index contributed by atoms with van der Waals surface area (Å²) in [6, 6.07) is 4.44. The molecule has 282 valence electrons. The van der Waals surface area contributed by atoms with Crippen molar-refractivity contribution in [3.8, 4) is 22.8 Å². The zero-order valence-corrected chi connectivity index (χ0v) is 28.4. The van der Waals surface area contributed by atoms with Crippen LogP contribution in [0.5, 0.6) is 11.5 Å². The van der Waals surface area contributed by atoms with Gasteiger partial charge in [-0.2, -0.15) is 32.6 Å². The number of carbonyl (C=O) groups is 2. The number of halogens is 5. The molecular formula is C31H33F5N12O5. The predicted octanol–water partition coefficient (Wildman–Crippen LogP) is 3.80. The number of likely N-dealkylation sites (tertiary alicyclic amines) is 1. The lowest BCUT2D eigenvalue weighted by atomic mass is 10.1. The second kappa shape index (κ2) is 15.4. The summed E-state index contributed by atoms with van der Waals surface area (Å²) >= 11 is 0. The van der Waals surface area contributed by atoms with E-state index in [1.807, 2.05) is 4.90 Å². The fourth-order valence-electron chi connectivity index (χ4n) is 5.35. The van der Waals surface area contributed by atoms with Crippen LogP contribution in [0.25, 0.3) is 16.9 Å². The van der Waals surface area contributed by atoms with Crippen molar-refractivity contribution in [3.63, 3.8) is 0 Å². The number of hydrogen-bond donors (Lipinski definition) is 2. The summed E-state index contributed by atoms with van der Waals surface area (Å²) in [5, 5.41) is 26.1. The highest BCUT2D eigenvalue weighted by molar-refractivity contribution is 6.09. The molecule has 6 rings (SSSR count). The van der Waals surface area contributed by atoms with E-state index in [-0.39, 0.29) is 65.4 Å². The molecule has 1 fully saturated rings. The van der Waals surface area contributed by atoms with Crippen LogP contribution in [0.2, 0.25) is 0 Å². The van der Waals surface area contributed by atoms with Gasteiger partial charge < -0.3 is 24.8 Å². The van der Waals surface area contributed by atoms with Gasteiger partial charge in [-0.25, -0.2) is 18.7 Å². The molecule has 5 heterocycles. The van der Waals surface area contributed by atoms with Crippen LogP contribution in [0, 0.1) is 0 Å². The molecule has 2 amide bonds. The molecule has 0 radical (unpaired) electrons. The summed E-state index contributed by atoms with van der Waals surface area (Å²) in [6.07, 6.45) is 3.63. The molecule has 0 spiro atoms. The number of rotatable bonds is 14. The maximum Gasteiger partial charge on any atom is 0.407 e. The Balaban J connectivity index is 1.18. The van der Waals surface area contributed by atoms with Gasteiger partial charge in [0.15, 0.2) is 11.5 Å². The highest BCUT2D eigenvalue weighted by Crippen LogP contribution is 2.38. The van der Waals surface area contributed by atoms with E-state index in [9.17, 15) is 31.5 Å². The van der Waals surface area contributed by atoms with Crippen LogP contribution >= 0.6 is 0 Å². The van der Waals surface area contributed by atoms with Crippen LogP contribution in [-0.4, -0.2) is 113 Å². The molecule has 1 aromatic carbocycles. The number of fused-ring (bicyclic) bond motifs is 1. The molecular weight excluding hydrogens is 715 g/mol. The molecule has 1 saturated heterocycles. The van der Waals surface area contributed by atoms with Gasteiger partial charge in [-0.05, 0) is 50.3 Å². The first kappa shape index (κ1) is 36.8. The molecule has 53 heavy (non-hydrogen) atoms. The number of benzene rings is 1. The number of nitrogens with zero attached hydrogens (tertiary/aromatic N) is 10. The Morgan fingerprint density at radius 1 is 1.06 bits per heavy atom. The number of hydrogen-bond acceptors (Lipinski definition) is 12. The van der Waals surface area contributed by atoms with Gasteiger partial charge in [0.1, 0.15) is 41.1 Å². The van der Waals surface area contributed by atoms with Crippen molar-refractivity contribution >= 4 is 23.3 Å². The van der Waals surface area contributed by atoms with Crippen LogP contribution in [0.15, 0.2) is 49.1 Å². The largest absolute Gasteiger partial charge is 0.444 e. The first-order chi connectivity index (χ1) is 25.2. The van der Waals surface area contributed by atoms with E-state index in [0.717, 1.165) is 18.2 Å². The number of nitrogens with one attached hydrogen (secondary N) is 2. The predicted molar refractivity (Wildman–Crippen MR) is 173 cm³/mol. The molecule has 1 atom stereocenters. The second-order valence-corrected chi connectivity index (χ2v) is 12.8. The smallest absolute Gasteiger partial charge is 0.407 e. The lowest BCUT2D eigenvalue weighted by Crippen LogP contribution is -2.51. The first-order valence-corrected chi connectivity index (χ1v) is 16.0. The average Bonchev–Trinajstić information content (AvgIpc) is 3.80. The van der Waals surface area contributed by atoms with Gasteiger partial charge >= 0.3 is 19.3 Å². The van der Waals surface area contributed by atoms with Crippen LogP contribution in [0.3, 0.4) is 0 Å². The van der Waals surface area contributed by atoms with Gasteiger partial charge in [0, 0.05) is 38.2 Å². The quantitative estimate of drug-likeness (QED) is 0.157. The Hall–Kier alpha value is -5.93. The van der Waals surface area contributed by atoms with Crippen molar-refractivity contribution in [3.05, 3.63) is 60.4 Å². The zero-order valence-electron chi connectivity index (χ0n) is 28.4. The normalized spacial score (nSPS) is 14.4. The Morgan fingerprint density at radius 2 is 1.83 bits per heavy atom. The molecule has 1 unspecified atom stereocenters. The van der Waals surface area contributed by atoms with E-state index < -0.39 is 42.7 Å². The van der Waals surface area contributed by atoms with Gasteiger partial charge in [0.2, 0.25) is 0 Å². The Kier molecular flexibility index (Phi) is 10.7. The van der Waals surface area contributed by atoms with Gasteiger partial charge in [-0.15, -0.1) is 10.2 Å². The molecule has 22 heteroatoms. The third kappa shape index (κ3) is 9.30. The number of alkyl halides is 5. The number of alkyl carbamates (subject to hydrolysis) is 1. The van der Waals surface area contributed by atoms with E-state index in [1.54, 1.807) is 33.0 Å². The van der Waals surface area contributed by atoms with Gasteiger partial charge in [0.25, 0.3) is 5.91 Å². The van der Waals surface area contributed by atoms with Crippen LogP contribution in [-0.2, 0) is 11.3 Å². The maximum atomic E-state index is 14.5. The van der Waals surface area contributed by atoms with Crippen molar-refractivity contribution < 1.29 is 45.8 Å². The lowest BCUT2D eigenvalue weighted by molar-refractivity contribution is -0.0526. The summed E-state index contributed by atoms with van der Waals surface area (Å²) < 4.78 is 84.4. The maximum absolute atomic E-state index is 14.5. The highest BCUT2D eigenvalue weighted by Gasteiger charge is 2.32. The summed E-state index contributed by atoms with van der Waals surface area (Å²) in [5.41, 5.74) is -0.770. The number of tetrazole rings is 1. The average molecular weight is 749 g/mol. The lowest BCUT2D eigenvalue weighted by Gasteiger charge is -2.38. The van der Waals surface area contributed by atoms with E-state index in [0.29, 0.717) is 13.1 Å². The topological polar surface area (TPSA) is 181 Å². The van der Waals surface area contributed by atoms with E-state index >= 15 is 0 Å². The monoisotopic (exact) mass is 748 g/mol. The van der Waals surface area contributed by atoms with E-state index in [1.165, 1.54) is 32.6 Å². The number of carbonyl (C=O) groups excluding carboxylic acids is 2. The van der Waals surface area contributed by atoms with Crippen LogP contribution in [0.4, 0.5) is 32.4 Å². The van der Waals surface area contributed by atoms with Crippen molar-refractivity contribution in [2.75, 3.05) is 31.5 Å². The molecule has 4 aromatic heterocycles. The van der Waals surface area contributed by atoms with Crippen molar-refractivity contribution in [1.29, 1.82) is 0 Å². The number of anilines is 1. The zero-order chi connectivity index (χ0) is 37.9. The van der Waals surface area contributed by atoms with Gasteiger partial charge in [0.05, 0.1) is 30.0 Å². The Bertz CT molecular complexity index is 2060. The third-order valence-corrected chi connectivity index (χ3v) is 7.54. The molecule has 0 bridgehead atoms. The van der Waals surface area contributed by atoms with Gasteiger partial charge in [-0.1, -0.05) is 0 Å². The van der Waals surface area contributed by atoms with Crippen molar-refractivity contribution in [2.45, 2.75) is 58.4 Å². The van der Waals surface area contributed by atoms with Crippen LogP contribution < -0.4 is 20.1 Å². The third-order valence-electron chi connectivity index (χ3n) is 7.54. The standard InChI is InChI=1S/C31H33F5N12O5/c1-31(2,3)53-30(50)38-10-17(32)12-45-13-18(14-45)48-42-24(41-44-48)16-46-15-22(40-27(49)21-11-39-47-8-4-7-37-26(21)47)25(43-46)20-9-19(51-28(33)34)5-6-23(20)52-29(35)36/h4-9,11,15,17-18,28-29H,10,12-14,16H2,1-3H3,(H,38,50)(H,40,49). The molecule has 5 aromatic rings. The molecule has 0 aliphatic carbocycles. The van der Waals surface area contributed by atoms with E-state index in [4.69, 9.17) is 4.74 Å². The summed E-state index contributed by atoms with van der Waals surface area (Å²) in [6.45, 7) is -0.855. The van der Waals surface area contributed by atoms with Crippen molar-refractivity contribution in [2.24, 2.45) is 0 Å². The minimum absolute atomic E-state index is 0.0254. The SMILES string of the molecule is CC(C)(C)OC(=O)NCC(F)CN1CC(n2nnc(Cn3cc(NC(=O)c4cnn5cccnc45)c(-c4cc(OC(F)F)ccc4OC(F)F)n3)n2)C1. The molecule has 1 aliphatic rings. The van der Waals surface area contributed by atoms with E-state index in [2.05, 4.69) is 50.7 Å². The minimum atomic E-state index is -3.29. The number of amides is 2. The fraction of sp³-hybridized carbons (Fsp3) is 0.419. The molecule has 0 saturated carbocycles. The highest BCUT2D eigenvalue weighted by atomic mass is 19.3. The summed E-state index contributed by atoms with van der Waals surface area (Å²) in [5.74, 6) is -1.33. The molecule has 17 nitrogen and oxygen atoms in total. The molecule has 1 aliphatic heterocycles. The van der Waals surface area contributed by atoms with Crippen molar-refractivity contribution in [1.82, 2.24) is 54.8 Å².